The second kappa shape index (κ2) is 13.7. The predicted molar refractivity (Wildman–Crippen MR) is 149 cm³/mol. The van der Waals surface area contributed by atoms with Crippen LogP contribution < -0.4 is 10.6 Å². The molecule has 3 aliphatic rings. The zero-order valence-corrected chi connectivity index (χ0v) is 23.4. The molecule has 3 saturated heterocycles. The number of urea groups is 1. The van der Waals surface area contributed by atoms with Gasteiger partial charge in [0.2, 0.25) is 0 Å². The number of aliphatic hydroxyl groups is 1. The van der Waals surface area contributed by atoms with Crippen LogP contribution in [-0.4, -0.2) is 79.9 Å². The van der Waals surface area contributed by atoms with Crippen molar-refractivity contribution in [2.24, 2.45) is 0 Å². The molecule has 11 heteroatoms. The van der Waals surface area contributed by atoms with Gasteiger partial charge in [-0.3, -0.25) is 4.79 Å². The van der Waals surface area contributed by atoms with Crippen molar-refractivity contribution in [2.75, 3.05) is 51.3 Å². The first-order valence-electron chi connectivity index (χ1n) is 14.3. The molecule has 41 heavy (non-hydrogen) atoms. The van der Waals surface area contributed by atoms with Crippen LogP contribution in [-0.2, 0) is 35.1 Å². The minimum Gasteiger partial charge on any atom is -0.465 e. The molecule has 2 aromatic rings. The Labute approximate surface area is 240 Å². The standard InChI is InChI=1S/C30H39N3O8/c1-2-37-27(35)18-31-29(36)32-24-5-3-4-23(16-24)28-40-25(17-26(41-28)22-8-6-21(20-34)7-9-22)19-33-12-10-30(11-13-33)38-14-15-39-30/h3-9,16,25-26,28,34H,2,10-15,17-20H2,1H3,(H2,31,32,36)/t25-,26+,28+/m0/s1. The quantitative estimate of drug-likeness (QED) is 0.390. The Hall–Kier alpha value is -3.06. The third-order valence-corrected chi connectivity index (χ3v) is 7.62. The number of nitrogens with one attached hydrogen (secondary N) is 2. The van der Waals surface area contributed by atoms with Gasteiger partial charge in [-0.2, -0.15) is 0 Å². The third-order valence-electron chi connectivity index (χ3n) is 7.62. The maximum absolute atomic E-state index is 12.3. The number of hydrogen-bond donors (Lipinski definition) is 3. The van der Waals surface area contributed by atoms with E-state index in [-0.39, 0.29) is 32.0 Å². The molecule has 222 valence electrons. The molecule has 3 heterocycles. The summed E-state index contributed by atoms with van der Waals surface area (Å²) >= 11 is 0. The highest BCUT2D eigenvalue weighted by atomic mass is 16.7. The highest BCUT2D eigenvalue weighted by Gasteiger charge is 2.41. The van der Waals surface area contributed by atoms with Crippen LogP contribution in [0.4, 0.5) is 10.5 Å². The van der Waals surface area contributed by atoms with Crippen molar-refractivity contribution < 1.29 is 38.4 Å². The topological polar surface area (TPSA) is 128 Å². The summed E-state index contributed by atoms with van der Waals surface area (Å²) in [6.07, 6.45) is 1.37. The van der Waals surface area contributed by atoms with Gasteiger partial charge in [-0.1, -0.05) is 36.4 Å². The van der Waals surface area contributed by atoms with Crippen LogP contribution in [0.25, 0.3) is 0 Å². The van der Waals surface area contributed by atoms with Gasteiger partial charge in [0.05, 0.1) is 38.6 Å². The normalized spacial score (nSPS) is 24.2. The van der Waals surface area contributed by atoms with Gasteiger partial charge in [0.25, 0.3) is 0 Å². The fourth-order valence-corrected chi connectivity index (χ4v) is 5.49. The molecule has 5 rings (SSSR count). The summed E-state index contributed by atoms with van der Waals surface area (Å²) in [6.45, 7) is 5.50. The van der Waals surface area contributed by atoms with Gasteiger partial charge in [-0.25, -0.2) is 4.79 Å². The second-order valence-electron chi connectivity index (χ2n) is 10.5. The monoisotopic (exact) mass is 569 g/mol. The number of likely N-dealkylation sites (tertiary alicyclic amines) is 1. The van der Waals surface area contributed by atoms with E-state index in [1.807, 2.05) is 42.5 Å². The first-order valence-corrected chi connectivity index (χ1v) is 14.3. The van der Waals surface area contributed by atoms with E-state index < -0.39 is 24.1 Å². The molecule has 0 bridgehead atoms. The second-order valence-corrected chi connectivity index (χ2v) is 10.5. The summed E-state index contributed by atoms with van der Waals surface area (Å²) in [6, 6.07) is 14.6. The van der Waals surface area contributed by atoms with Crippen LogP contribution in [0.2, 0.25) is 0 Å². The van der Waals surface area contributed by atoms with Gasteiger partial charge in [-0.15, -0.1) is 0 Å². The van der Waals surface area contributed by atoms with Crippen LogP contribution in [0.15, 0.2) is 48.5 Å². The fourth-order valence-electron chi connectivity index (χ4n) is 5.49. The average molecular weight is 570 g/mol. The van der Waals surface area contributed by atoms with Gasteiger partial charge in [0.15, 0.2) is 12.1 Å². The fraction of sp³-hybridized carbons (Fsp3) is 0.533. The van der Waals surface area contributed by atoms with E-state index in [0.717, 1.165) is 49.2 Å². The van der Waals surface area contributed by atoms with Gasteiger partial charge in [0.1, 0.15) is 6.54 Å². The number of aliphatic hydroxyl groups excluding tert-OH is 1. The van der Waals surface area contributed by atoms with Gasteiger partial charge in [-0.05, 0) is 30.2 Å². The van der Waals surface area contributed by atoms with Gasteiger partial charge in [0, 0.05) is 50.1 Å². The average Bonchev–Trinajstić information content (AvgIpc) is 3.45. The number of ether oxygens (including phenoxy) is 5. The summed E-state index contributed by atoms with van der Waals surface area (Å²) in [5.41, 5.74) is 3.16. The third kappa shape index (κ3) is 7.82. The van der Waals surface area contributed by atoms with E-state index in [2.05, 4.69) is 15.5 Å². The van der Waals surface area contributed by atoms with E-state index in [1.165, 1.54) is 0 Å². The van der Waals surface area contributed by atoms with E-state index in [1.54, 1.807) is 13.0 Å². The van der Waals surface area contributed by atoms with Crippen molar-refractivity contribution in [3.63, 3.8) is 0 Å². The zero-order valence-electron chi connectivity index (χ0n) is 23.4. The van der Waals surface area contributed by atoms with Crippen molar-refractivity contribution in [3.05, 3.63) is 65.2 Å². The number of piperidine rings is 1. The number of anilines is 1. The maximum atomic E-state index is 12.3. The highest BCUT2D eigenvalue weighted by Crippen LogP contribution is 2.39. The molecular formula is C30H39N3O8. The number of rotatable bonds is 9. The number of amides is 2. The Bertz CT molecular complexity index is 1160. The summed E-state index contributed by atoms with van der Waals surface area (Å²) in [7, 11) is 0. The summed E-state index contributed by atoms with van der Waals surface area (Å²) in [4.78, 5) is 26.3. The molecule has 3 fully saturated rings. The van der Waals surface area contributed by atoms with Crippen LogP contribution in [0.5, 0.6) is 0 Å². The van der Waals surface area contributed by atoms with Crippen LogP contribution in [0, 0.1) is 0 Å². The van der Waals surface area contributed by atoms with E-state index in [0.29, 0.717) is 25.3 Å². The molecule has 2 aromatic carbocycles. The Balaban J connectivity index is 1.26. The van der Waals surface area contributed by atoms with Crippen LogP contribution in [0.3, 0.4) is 0 Å². The van der Waals surface area contributed by atoms with Crippen molar-refractivity contribution in [1.82, 2.24) is 10.2 Å². The lowest BCUT2D eigenvalue weighted by Gasteiger charge is -2.41. The van der Waals surface area contributed by atoms with Crippen LogP contribution in [0.1, 0.15) is 55.3 Å². The number of nitrogens with zero attached hydrogens (tertiary/aromatic N) is 1. The maximum Gasteiger partial charge on any atom is 0.325 e. The molecule has 0 radical (unpaired) electrons. The van der Waals surface area contributed by atoms with E-state index >= 15 is 0 Å². The van der Waals surface area contributed by atoms with E-state index in [9.17, 15) is 14.7 Å². The number of hydrogen-bond acceptors (Lipinski definition) is 9. The van der Waals surface area contributed by atoms with Gasteiger partial charge >= 0.3 is 12.0 Å². The summed E-state index contributed by atoms with van der Waals surface area (Å²) in [5, 5.41) is 14.7. The molecule has 3 aliphatic heterocycles. The molecule has 3 atom stereocenters. The molecule has 0 aromatic heterocycles. The highest BCUT2D eigenvalue weighted by molar-refractivity contribution is 5.91. The van der Waals surface area contributed by atoms with Crippen LogP contribution >= 0.6 is 0 Å². The molecule has 0 aliphatic carbocycles. The first kappa shape index (κ1) is 29.4. The Kier molecular flexibility index (Phi) is 9.86. The molecule has 0 saturated carbocycles. The molecule has 3 N–H and O–H groups in total. The minimum absolute atomic E-state index is 0.0167. The lowest BCUT2D eigenvalue weighted by Crippen LogP contribution is -2.48. The van der Waals surface area contributed by atoms with Crippen molar-refractivity contribution >= 4 is 17.7 Å². The lowest BCUT2D eigenvalue weighted by molar-refractivity contribution is -0.255. The number of benzene rings is 2. The minimum atomic E-state index is -0.654. The number of carbonyl (C=O) groups excluding carboxylic acids is 2. The number of carbonyl (C=O) groups is 2. The first-order chi connectivity index (χ1) is 19.9. The lowest BCUT2D eigenvalue weighted by atomic mass is 9.98. The summed E-state index contributed by atoms with van der Waals surface area (Å²) in [5.74, 6) is -0.931. The Morgan fingerprint density at radius 3 is 2.51 bits per heavy atom. The molecule has 11 nitrogen and oxygen atoms in total. The molecule has 0 unspecified atom stereocenters. The molecule has 2 amide bonds. The van der Waals surface area contributed by atoms with Crippen molar-refractivity contribution in [3.8, 4) is 0 Å². The zero-order chi connectivity index (χ0) is 28.7. The van der Waals surface area contributed by atoms with Crippen molar-refractivity contribution in [1.29, 1.82) is 0 Å². The molecule has 1 spiro atoms. The molecular weight excluding hydrogens is 530 g/mol. The Morgan fingerprint density at radius 2 is 1.80 bits per heavy atom. The smallest absolute Gasteiger partial charge is 0.325 e. The van der Waals surface area contributed by atoms with Crippen molar-refractivity contribution in [2.45, 2.75) is 57.1 Å². The number of esters is 1. The SMILES string of the molecule is CCOC(=O)CNC(=O)Nc1cccc([C@@H]2O[C@H](CN3CCC4(CC3)OCCO4)C[C@H](c3ccc(CO)cc3)O2)c1. The van der Waals surface area contributed by atoms with E-state index in [4.69, 9.17) is 23.7 Å². The largest absolute Gasteiger partial charge is 0.465 e. The summed E-state index contributed by atoms with van der Waals surface area (Å²) < 4.78 is 29.6. The predicted octanol–water partition coefficient (Wildman–Crippen LogP) is 3.25. The van der Waals surface area contributed by atoms with Gasteiger partial charge < -0.3 is 44.3 Å². The Morgan fingerprint density at radius 1 is 1.05 bits per heavy atom.